The van der Waals surface area contributed by atoms with Gasteiger partial charge in [0.25, 0.3) is 0 Å². The summed E-state index contributed by atoms with van der Waals surface area (Å²) in [5.74, 6) is 0.0392. The van der Waals surface area contributed by atoms with Crippen LogP contribution in [0.15, 0.2) is 12.2 Å². The van der Waals surface area contributed by atoms with Crippen LogP contribution in [0, 0.1) is 5.92 Å². The van der Waals surface area contributed by atoms with E-state index in [1.165, 1.54) is 19.3 Å². The van der Waals surface area contributed by atoms with Gasteiger partial charge in [0.2, 0.25) is 0 Å². The van der Waals surface area contributed by atoms with E-state index in [1.807, 2.05) is 0 Å². The van der Waals surface area contributed by atoms with Gasteiger partial charge >= 0.3 is 0 Å². The van der Waals surface area contributed by atoms with Crippen molar-refractivity contribution in [2.45, 2.75) is 69.4 Å². The summed E-state index contributed by atoms with van der Waals surface area (Å²) in [4.78, 5) is 0. The third kappa shape index (κ3) is 2.63. The Morgan fingerprint density at radius 1 is 1.17 bits per heavy atom. The Balaban J connectivity index is 1.63. The minimum absolute atomic E-state index is 0.145. The van der Waals surface area contributed by atoms with Crippen LogP contribution in [-0.4, -0.2) is 29.7 Å². The summed E-state index contributed by atoms with van der Waals surface area (Å²) in [7, 11) is 0. The molecule has 0 bridgehead atoms. The highest BCUT2D eigenvalue weighted by atomic mass is 16.7. The number of allylic oxidation sites excluding steroid dienone is 1. The molecule has 0 aromatic heterocycles. The van der Waals surface area contributed by atoms with Crippen LogP contribution in [0.25, 0.3) is 0 Å². The molecule has 3 aliphatic rings. The molecular weight excluding hydrogens is 228 g/mol. The van der Waals surface area contributed by atoms with Crippen LogP contribution in [0.2, 0.25) is 0 Å². The van der Waals surface area contributed by atoms with Crippen LogP contribution in [0.4, 0.5) is 0 Å². The zero-order valence-electron chi connectivity index (χ0n) is 11.0. The summed E-state index contributed by atoms with van der Waals surface area (Å²) >= 11 is 0. The summed E-state index contributed by atoms with van der Waals surface area (Å²) < 4.78 is 12.2. The lowest BCUT2D eigenvalue weighted by Crippen LogP contribution is -2.34. The Labute approximate surface area is 109 Å². The molecular formula is C15H24O3. The van der Waals surface area contributed by atoms with Crippen LogP contribution in [0.1, 0.15) is 51.4 Å². The second-order valence-corrected chi connectivity index (χ2v) is 6.00. The first-order valence-electron chi connectivity index (χ1n) is 7.44. The molecule has 2 aliphatic carbocycles. The molecule has 0 unspecified atom stereocenters. The van der Waals surface area contributed by atoms with E-state index in [4.69, 9.17) is 9.47 Å². The number of aliphatic hydroxyl groups is 1. The lowest BCUT2D eigenvalue weighted by atomic mass is 9.93. The molecule has 2 fully saturated rings. The summed E-state index contributed by atoms with van der Waals surface area (Å²) in [6.07, 6.45) is 12.9. The molecule has 1 saturated carbocycles. The van der Waals surface area contributed by atoms with E-state index >= 15 is 0 Å². The summed E-state index contributed by atoms with van der Waals surface area (Å²) in [6, 6.07) is 0. The van der Waals surface area contributed by atoms with Crippen LogP contribution in [-0.2, 0) is 9.47 Å². The second-order valence-electron chi connectivity index (χ2n) is 6.00. The number of ether oxygens (including phenoxy) is 2. The van der Waals surface area contributed by atoms with E-state index in [-0.39, 0.29) is 18.0 Å². The predicted octanol–water partition coefficient (Wildman–Crippen LogP) is 2.78. The van der Waals surface area contributed by atoms with Crippen molar-refractivity contribution in [3.8, 4) is 0 Å². The van der Waals surface area contributed by atoms with Crippen molar-refractivity contribution in [3.05, 3.63) is 12.2 Å². The second kappa shape index (κ2) is 5.32. The fourth-order valence-corrected chi connectivity index (χ4v) is 3.49. The van der Waals surface area contributed by atoms with Gasteiger partial charge < -0.3 is 14.6 Å². The first-order chi connectivity index (χ1) is 8.77. The Morgan fingerprint density at radius 3 is 2.83 bits per heavy atom. The average Bonchev–Trinajstić information content (AvgIpc) is 2.65. The van der Waals surface area contributed by atoms with Crippen molar-refractivity contribution in [1.82, 2.24) is 0 Å². The molecule has 3 nitrogen and oxygen atoms in total. The van der Waals surface area contributed by atoms with E-state index < -0.39 is 0 Å². The van der Waals surface area contributed by atoms with E-state index in [0.717, 1.165) is 32.1 Å². The average molecular weight is 252 g/mol. The maximum Gasteiger partial charge on any atom is 0.168 e. The van der Waals surface area contributed by atoms with Crippen LogP contribution in [0.5, 0.6) is 0 Å². The molecule has 102 valence electrons. The number of hydrogen-bond acceptors (Lipinski definition) is 3. The highest BCUT2D eigenvalue weighted by Gasteiger charge is 2.44. The third-order valence-corrected chi connectivity index (χ3v) is 4.56. The van der Waals surface area contributed by atoms with Crippen molar-refractivity contribution in [2.24, 2.45) is 5.92 Å². The quantitative estimate of drug-likeness (QED) is 0.729. The fraction of sp³-hybridized carbons (Fsp3) is 0.867. The van der Waals surface area contributed by atoms with Crippen molar-refractivity contribution >= 4 is 0 Å². The van der Waals surface area contributed by atoms with Gasteiger partial charge in [-0.1, -0.05) is 18.6 Å². The Kier molecular flexibility index (Phi) is 3.73. The first-order valence-corrected chi connectivity index (χ1v) is 7.44. The van der Waals surface area contributed by atoms with Crippen LogP contribution < -0.4 is 0 Å². The molecule has 1 aliphatic heterocycles. The van der Waals surface area contributed by atoms with Gasteiger partial charge in [-0.2, -0.15) is 0 Å². The Hall–Kier alpha value is -0.380. The van der Waals surface area contributed by atoms with Crippen LogP contribution in [0.3, 0.4) is 0 Å². The van der Waals surface area contributed by atoms with E-state index in [0.29, 0.717) is 12.5 Å². The van der Waals surface area contributed by atoms with Gasteiger partial charge in [0, 0.05) is 18.8 Å². The topological polar surface area (TPSA) is 38.7 Å². The monoisotopic (exact) mass is 252 g/mol. The summed E-state index contributed by atoms with van der Waals surface area (Å²) in [5.41, 5.74) is 0. The number of rotatable bonds is 1. The van der Waals surface area contributed by atoms with E-state index in [2.05, 4.69) is 12.2 Å². The predicted molar refractivity (Wildman–Crippen MR) is 69.1 cm³/mol. The lowest BCUT2D eigenvalue weighted by molar-refractivity contribution is -0.190. The van der Waals surface area contributed by atoms with Gasteiger partial charge in [-0.05, 0) is 32.1 Å². The smallest absolute Gasteiger partial charge is 0.168 e. The molecule has 0 radical (unpaired) electrons. The normalized spacial score (nSPS) is 39.9. The minimum Gasteiger partial charge on any atom is -0.393 e. The van der Waals surface area contributed by atoms with Crippen molar-refractivity contribution in [1.29, 1.82) is 0 Å². The highest BCUT2D eigenvalue weighted by Crippen LogP contribution is 2.40. The Bertz CT molecular complexity index is 307. The fourth-order valence-electron chi connectivity index (χ4n) is 3.49. The molecule has 3 rings (SSSR count). The van der Waals surface area contributed by atoms with Crippen molar-refractivity contribution < 1.29 is 14.6 Å². The molecule has 0 aromatic rings. The molecule has 1 N–H and O–H groups in total. The molecule has 1 saturated heterocycles. The molecule has 18 heavy (non-hydrogen) atoms. The molecule has 3 atom stereocenters. The summed E-state index contributed by atoms with van der Waals surface area (Å²) in [6.45, 7) is 0.696. The van der Waals surface area contributed by atoms with Crippen molar-refractivity contribution in [2.75, 3.05) is 6.61 Å². The van der Waals surface area contributed by atoms with Gasteiger partial charge in [-0.15, -0.1) is 0 Å². The molecule has 1 spiro atoms. The number of aliphatic hydroxyl groups excluding tert-OH is 1. The molecule has 3 heteroatoms. The minimum atomic E-state index is -0.284. The van der Waals surface area contributed by atoms with E-state index in [9.17, 15) is 5.11 Å². The zero-order valence-corrected chi connectivity index (χ0v) is 11.0. The van der Waals surface area contributed by atoms with Gasteiger partial charge in [-0.25, -0.2) is 0 Å². The molecule has 0 aromatic carbocycles. The zero-order chi connectivity index (χ0) is 12.4. The van der Waals surface area contributed by atoms with E-state index in [1.54, 1.807) is 0 Å². The number of hydrogen-bond donors (Lipinski definition) is 1. The maximum absolute atomic E-state index is 9.89. The van der Waals surface area contributed by atoms with Crippen molar-refractivity contribution in [3.63, 3.8) is 0 Å². The highest BCUT2D eigenvalue weighted by molar-refractivity contribution is 4.99. The molecule has 0 amide bonds. The molecule has 1 heterocycles. The Morgan fingerprint density at radius 2 is 2.00 bits per heavy atom. The van der Waals surface area contributed by atoms with Gasteiger partial charge in [-0.3, -0.25) is 0 Å². The third-order valence-electron chi connectivity index (χ3n) is 4.56. The largest absolute Gasteiger partial charge is 0.393 e. The summed E-state index contributed by atoms with van der Waals surface area (Å²) in [5, 5.41) is 9.89. The lowest BCUT2D eigenvalue weighted by Gasteiger charge is -2.32. The van der Waals surface area contributed by atoms with Gasteiger partial charge in [0.15, 0.2) is 5.79 Å². The first kappa shape index (κ1) is 12.6. The SMILES string of the molecule is O[C@H]1CCC=C[C@@H]([C@H]2COC3(CCCCC3)O2)C1. The van der Waals surface area contributed by atoms with Crippen LogP contribution >= 0.6 is 0 Å². The standard InChI is InChI=1S/C15H24O3/c16-13-7-3-2-6-12(10-13)14-11-17-15(18-14)8-4-1-5-9-15/h2,6,12-14,16H,1,3-5,7-11H2/t12-,13+,14-/m1/s1. The van der Waals surface area contributed by atoms with Gasteiger partial charge in [0.1, 0.15) is 0 Å². The van der Waals surface area contributed by atoms with Gasteiger partial charge in [0.05, 0.1) is 18.8 Å². The maximum atomic E-state index is 9.89.